The largest absolute Gasteiger partial charge is 0.314 e. The van der Waals surface area contributed by atoms with Gasteiger partial charge in [-0.25, -0.2) is 0 Å². The molecular weight excluding hydrogens is 248 g/mol. The van der Waals surface area contributed by atoms with E-state index in [9.17, 15) is 4.79 Å². The van der Waals surface area contributed by atoms with Gasteiger partial charge in [0.1, 0.15) is 6.07 Å². The Bertz CT molecular complexity index is 496. The van der Waals surface area contributed by atoms with Crippen LogP contribution in [0.2, 0.25) is 0 Å². The van der Waals surface area contributed by atoms with E-state index in [1.165, 1.54) is 19.3 Å². The molecule has 0 unspecified atom stereocenters. The molecule has 0 saturated heterocycles. The lowest BCUT2D eigenvalue weighted by Crippen LogP contribution is -2.33. The monoisotopic (exact) mass is 270 g/mol. The number of para-hydroxylation sites is 1. The Morgan fingerprint density at radius 2 is 1.75 bits per heavy atom. The average Bonchev–Trinajstić information content (AvgIpc) is 2.45. The van der Waals surface area contributed by atoms with Crippen LogP contribution in [-0.2, 0) is 4.79 Å². The number of hydrogen-bond acceptors (Lipinski definition) is 2. The molecule has 20 heavy (non-hydrogen) atoms. The summed E-state index contributed by atoms with van der Waals surface area (Å²) in [5.41, 5.74) is 1.29. The maximum absolute atomic E-state index is 12.6. The summed E-state index contributed by atoms with van der Waals surface area (Å²) in [5.74, 6) is 0.279. The van der Waals surface area contributed by atoms with E-state index in [1.807, 2.05) is 18.2 Å². The fraction of sp³-hybridized carbons (Fsp3) is 0.529. The van der Waals surface area contributed by atoms with Gasteiger partial charge in [-0.15, -0.1) is 0 Å². The molecule has 1 fully saturated rings. The Morgan fingerprint density at radius 1 is 1.15 bits per heavy atom. The number of nitriles is 1. The molecule has 1 saturated carbocycles. The predicted octanol–water partition coefficient (Wildman–Crippen LogP) is 3.88. The Morgan fingerprint density at radius 3 is 2.40 bits per heavy atom. The van der Waals surface area contributed by atoms with Crippen molar-refractivity contribution in [3.05, 3.63) is 29.8 Å². The Balaban J connectivity index is 2.12. The van der Waals surface area contributed by atoms with Gasteiger partial charge in [0.25, 0.3) is 0 Å². The first-order valence-corrected chi connectivity index (χ1v) is 7.50. The highest BCUT2D eigenvalue weighted by molar-refractivity contribution is 5.95. The van der Waals surface area contributed by atoms with E-state index in [0.29, 0.717) is 5.56 Å². The number of rotatable bonds is 2. The summed E-state index contributed by atoms with van der Waals surface area (Å²) in [4.78, 5) is 14.3. The molecule has 0 bridgehead atoms. The number of amides is 1. The van der Waals surface area contributed by atoms with Crippen LogP contribution >= 0.6 is 0 Å². The maximum Gasteiger partial charge on any atom is 0.229 e. The van der Waals surface area contributed by atoms with Crippen molar-refractivity contribution in [3.63, 3.8) is 0 Å². The van der Waals surface area contributed by atoms with E-state index >= 15 is 0 Å². The van der Waals surface area contributed by atoms with Crippen molar-refractivity contribution in [1.29, 1.82) is 5.26 Å². The predicted molar refractivity (Wildman–Crippen MR) is 80.4 cm³/mol. The molecule has 0 heterocycles. The van der Waals surface area contributed by atoms with Crippen LogP contribution in [0.4, 0.5) is 5.69 Å². The minimum atomic E-state index is 0.118. The van der Waals surface area contributed by atoms with Crippen LogP contribution in [0, 0.1) is 17.2 Å². The standard InChI is InChI=1S/C17H22N2O/c1-19(16-12-8-7-11-15(16)13-18)17(20)14-9-5-3-2-4-6-10-14/h7-8,11-12,14H,2-6,9-10H2,1H3. The summed E-state index contributed by atoms with van der Waals surface area (Å²) in [7, 11) is 1.79. The van der Waals surface area contributed by atoms with E-state index in [4.69, 9.17) is 5.26 Å². The van der Waals surface area contributed by atoms with Gasteiger partial charge in [-0.2, -0.15) is 5.26 Å². The molecule has 0 aromatic heterocycles. The number of carbonyl (C=O) groups excluding carboxylic acids is 1. The van der Waals surface area contributed by atoms with Gasteiger partial charge in [0.15, 0.2) is 0 Å². The number of benzene rings is 1. The Kier molecular flexibility index (Phi) is 5.17. The van der Waals surface area contributed by atoms with Crippen LogP contribution in [0.3, 0.4) is 0 Å². The van der Waals surface area contributed by atoms with Gasteiger partial charge in [0.05, 0.1) is 11.3 Å². The first kappa shape index (κ1) is 14.6. The molecule has 3 heteroatoms. The van der Waals surface area contributed by atoms with E-state index < -0.39 is 0 Å². The third kappa shape index (κ3) is 3.39. The van der Waals surface area contributed by atoms with Crippen molar-refractivity contribution in [3.8, 4) is 6.07 Å². The zero-order chi connectivity index (χ0) is 14.4. The number of anilines is 1. The first-order valence-electron chi connectivity index (χ1n) is 7.50. The van der Waals surface area contributed by atoms with Crippen molar-refractivity contribution in [1.82, 2.24) is 0 Å². The van der Waals surface area contributed by atoms with Crippen molar-refractivity contribution in [2.24, 2.45) is 5.92 Å². The number of nitrogens with zero attached hydrogens (tertiary/aromatic N) is 2. The molecule has 0 atom stereocenters. The third-order valence-electron chi connectivity index (χ3n) is 4.17. The van der Waals surface area contributed by atoms with E-state index in [0.717, 1.165) is 31.4 Å². The van der Waals surface area contributed by atoms with Crippen LogP contribution in [0.1, 0.15) is 50.5 Å². The molecule has 0 N–H and O–H groups in total. The van der Waals surface area contributed by atoms with Crippen molar-refractivity contribution in [2.75, 3.05) is 11.9 Å². The lowest BCUT2D eigenvalue weighted by Gasteiger charge is -2.25. The topological polar surface area (TPSA) is 44.1 Å². The quantitative estimate of drug-likeness (QED) is 0.818. The van der Waals surface area contributed by atoms with Gasteiger partial charge < -0.3 is 4.90 Å². The summed E-state index contributed by atoms with van der Waals surface area (Å²) >= 11 is 0. The second-order valence-electron chi connectivity index (χ2n) is 5.57. The van der Waals surface area contributed by atoms with E-state index in [2.05, 4.69) is 6.07 Å². The Labute approximate surface area is 121 Å². The minimum Gasteiger partial charge on any atom is -0.314 e. The van der Waals surface area contributed by atoms with Crippen molar-refractivity contribution >= 4 is 11.6 Å². The van der Waals surface area contributed by atoms with Crippen LogP contribution < -0.4 is 4.90 Å². The van der Waals surface area contributed by atoms with Crippen LogP contribution in [0.25, 0.3) is 0 Å². The van der Waals surface area contributed by atoms with Crippen LogP contribution in [0.5, 0.6) is 0 Å². The normalized spacial score (nSPS) is 16.8. The molecule has 0 spiro atoms. The average molecular weight is 270 g/mol. The molecular formula is C17H22N2O. The number of carbonyl (C=O) groups is 1. The lowest BCUT2D eigenvalue weighted by atomic mass is 9.90. The third-order valence-corrected chi connectivity index (χ3v) is 4.17. The molecule has 0 radical (unpaired) electrons. The highest BCUT2D eigenvalue weighted by atomic mass is 16.2. The van der Waals surface area contributed by atoms with E-state index in [-0.39, 0.29) is 11.8 Å². The molecule has 1 amide bonds. The van der Waals surface area contributed by atoms with E-state index in [1.54, 1.807) is 18.0 Å². The SMILES string of the molecule is CN(C(=O)C1CCCCCCC1)c1ccccc1C#N. The van der Waals surface area contributed by atoms with Gasteiger partial charge in [0.2, 0.25) is 5.91 Å². The molecule has 1 aromatic rings. The summed E-state index contributed by atoms with van der Waals surface area (Å²) in [6, 6.07) is 9.47. The molecule has 106 valence electrons. The molecule has 1 aliphatic carbocycles. The molecule has 2 rings (SSSR count). The highest BCUT2D eigenvalue weighted by Gasteiger charge is 2.24. The fourth-order valence-corrected chi connectivity index (χ4v) is 2.96. The van der Waals surface area contributed by atoms with Gasteiger partial charge in [-0.1, -0.05) is 44.2 Å². The van der Waals surface area contributed by atoms with Gasteiger partial charge in [-0.3, -0.25) is 4.79 Å². The molecule has 0 aliphatic heterocycles. The zero-order valence-corrected chi connectivity index (χ0v) is 12.1. The van der Waals surface area contributed by atoms with Gasteiger partial charge >= 0.3 is 0 Å². The van der Waals surface area contributed by atoms with Crippen LogP contribution in [-0.4, -0.2) is 13.0 Å². The summed E-state index contributed by atoms with van der Waals surface area (Å²) in [6.07, 6.45) is 8.03. The Hall–Kier alpha value is -1.82. The fourth-order valence-electron chi connectivity index (χ4n) is 2.96. The maximum atomic E-state index is 12.6. The lowest BCUT2D eigenvalue weighted by molar-refractivity contribution is -0.122. The minimum absolute atomic E-state index is 0.118. The van der Waals surface area contributed by atoms with Crippen LogP contribution in [0.15, 0.2) is 24.3 Å². The first-order chi connectivity index (χ1) is 9.74. The smallest absolute Gasteiger partial charge is 0.229 e. The molecule has 1 aliphatic rings. The van der Waals surface area contributed by atoms with Gasteiger partial charge in [-0.05, 0) is 25.0 Å². The second-order valence-corrected chi connectivity index (χ2v) is 5.57. The number of hydrogen-bond donors (Lipinski definition) is 0. The summed E-state index contributed by atoms with van der Waals surface area (Å²) < 4.78 is 0. The molecule has 3 nitrogen and oxygen atoms in total. The highest BCUT2D eigenvalue weighted by Crippen LogP contribution is 2.27. The van der Waals surface area contributed by atoms with Crippen molar-refractivity contribution < 1.29 is 4.79 Å². The zero-order valence-electron chi connectivity index (χ0n) is 12.1. The summed E-state index contributed by atoms with van der Waals surface area (Å²) in [5, 5.41) is 9.15. The van der Waals surface area contributed by atoms with Gasteiger partial charge in [0, 0.05) is 13.0 Å². The summed E-state index contributed by atoms with van der Waals surface area (Å²) in [6.45, 7) is 0. The second kappa shape index (κ2) is 7.09. The molecule has 1 aromatic carbocycles. The van der Waals surface area contributed by atoms with Crippen molar-refractivity contribution in [2.45, 2.75) is 44.9 Å².